The number of benzene rings is 2. The molecule has 2 aromatic carbocycles. The molecule has 6 nitrogen and oxygen atoms in total. The molecule has 0 saturated heterocycles. The van der Waals surface area contributed by atoms with Crippen molar-refractivity contribution in [3.63, 3.8) is 0 Å². The van der Waals surface area contributed by atoms with Crippen molar-refractivity contribution in [2.75, 3.05) is 30.4 Å². The molecule has 0 fully saturated rings. The monoisotopic (exact) mass is 551 g/mol. The molecule has 0 saturated carbocycles. The van der Waals surface area contributed by atoms with E-state index in [0.29, 0.717) is 29.1 Å². The summed E-state index contributed by atoms with van der Waals surface area (Å²) >= 11 is 3.56. The lowest BCUT2D eigenvalue weighted by molar-refractivity contribution is -0.143. The molecule has 0 radical (unpaired) electrons. The molecule has 0 aromatic heterocycles. The van der Waals surface area contributed by atoms with Crippen LogP contribution in [0.2, 0.25) is 0 Å². The Kier molecular flexibility index (Phi) is 9.04. The van der Waals surface area contributed by atoms with Crippen molar-refractivity contribution >= 4 is 43.1 Å². The summed E-state index contributed by atoms with van der Waals surface area (Å²) in [5.74, 6) is 0.147. The van der Waals surface area contributed by atoms with Crippen LogP contribution in [0.4, 0.5) is 11.4 Å². The predicted molar refractivity (Wildman–Crippen MR) is 139 cm³/mol. The first-order chi connectivity index (χ1) is 16.2. The van der Waals surface area contributed by atoms with Gasteiger partial charge >= 0.3 is 5.97 Å². The third kappa shape index (κ3) is 6.13. The molecule has 1 heterocycles. The number of esters is 1. The van der Waals surface area contributed by atoms with E-state index in [4.69, 9.17) is 9.47 Å². The summed E-state index contributed by atoms with van der Waals surface area (Å²) < 4.78 is 38.9. The molecule has 0 spiro atoms. The summed E-state index contributed by atoms with van der Waals surface area (Å²) in [6, 6.07) is 13.3. The van der Waals surface area contributed by atoms with Crippen LogP contribution >= 0.6 is 15.9 Å². The lowest BCUT2D eigenvalue weighted by Crippen LogP contribution is -2.37. The second-order valence-corrected chi connectivity index (χ2v) is 11.6. The smallest absolute Gasteiger partial charge is 0.309 e. The van der Waals surface area contributed by atoms with Crippen LogP contribution in [0.25, 0.3) is 0 Å². The Hall–Kier alpha value is -2.06. The summed E-state index contributed by atoms with van der Waals surface area (Å²) in [5.41, 5.74) is 1.24. The van der Waals surface area contributed by atoms with Crippen LogP contribution in [0.3, 0.4) is 0 Å². The zero-order valence-electron chi connectivity index (χ0n) is 20.2. The largest absolute Gasteiger partial charge is 0.492 e. The topological polar surface area (TPSA) is 72.9 Å². The zero-order valence-corrected chi connectivity index (χ0v) is 22.6. The van der Waals surface area contributed by atoms with Crippen molar-refractivity contribution in [3.05, 3.63) is 46.9 Å². The second kappa shape index (κ2) is 11.6. The minimum atomic E-state index is -3.59. The number of carbonyl (C=O) groups excluding carboxylic acids is 1. The number of rotatable bonds is 10. The van der Waals surface area contributed by atoms with E-state index in [2.05, 4.69) is 34.7 Å². The standard InChI is InChI=1S/C26H34BrNO5S/c1-4-7-14-26(5-2)18-28(20-11-9-8-10-12-20)22-16-21(27)23(17-24(22)34(30,31)19-26)33-15-13-25(29)32-6-3/h8-12,16-17H,4-7,13-15,18-19H2,1-3H3. The first-order valence-corrected chi connectivity index (χ1v) is 14.4. The summed E-state index contributed by atoms with van der Waals surface area (Å²) in [7, 11) is -3.59. The van der Waals surface area contributed by atoms with Gasteiger partial charge in [-0.3, -0.25) is 4.79 Å². The highest BCUT2D eigenvalue weighted by Crippen LogP contribution is 2.46. The average molecular weight is 553 g/mol. The normalized spacial score (nSPS) is 19.2. The van der Waals surface area contributed by atoms with E-state index in [1.165, 1.54) is 0 Å². The van der Waals surface area contributed by atoms with E-state index in [0.717, 1.165) is 31.4 Å². The van der Waals surface area contributed by atoms with Crippen molar-refractivity contribution in [3.8, 4) is 5.75 Å². The second-order valence-electron chi connectivity index (χ2n) is 8.79. The molecule has 0 N–H and O–H groups in total. The number of carbonyl (C=O) groups is 1. The number of hydrogen-bond donors (Lipinski definition) is 0. The number of hydrogen-bond acceptors (Lipinski definition) is 6. The Morgan fingerprint density at radius 3 is 2.53 bits per heavy atom. The molecule has 2 aromatic rings. The number of halogens is 1. The van der Waals surface area contributed by atoms with E-state index < -0.39 is 9.84 Å². The van der Waals surface area contributed by atoms with Gasteiger partial charge in [-0.1, -0.05) is 44.9 Å². The van der Waals surface area contributed by atoms with Crippen molar-refractivity contribution in [2.45, 2.75) is 57.8 Å². The summed E-state index contributed by atoms with van der Waals surface area (Å²) in [5, 5.41) is 0. The van der Waals surface area contributed by atoms with Gasteiger partial charge in [-0.15, -0.1) is 0 Å². The van der Waals surface area contributed by atoms with Gasteiger partial charge in [-0.05, 0) is 53.9 Å². The van der Waals surface area contributed by atoms with Gasteiger partial charge in [0.1, 0.15) is 5.75 Å². The van der Waals surface area contributed by atoms with Gasteiger partial charge in [0.2, 0.25) is 0 Å². The fourth-order valence-corrected chi connectivity index (χ4v) is 7.07. The minimum absolute atomic E-state index is 0.0935. The van der Waals surface area contributed by atoms with Crippen LogP contribution in [-0.2, 0) is 19.4 Å². The highest BCUT2D eigenvalue weighted by molar-refractivity contribution is 9.10. The number of nitrogens with zero attached hydrogens (tertiary/aromatic N) is 1. The summed E-state index contributed by atoms with van der Waals surface area (Å²) in [6.45, 7) is 7.01. The zero-order chi connectivity index (χ0) is 24.8. The maximum Gasteiger partial charge on any atom is 0.309 e. The van der Waals surface area contributed by atoms with Gasteiger partial charge < -0.3 is 14.4 Å². The molecule has 0 bridgehead atoms. The highest BCUT2D eigenvalue weighted by Gasteiger charge is 2.41. The molecular weight excluding hydrogens is 518 g/mol. The van der Waals surface area contributed by atoms with Gasteiger partial charge in [-0.25, -0.2) is 8.42 Å². The van der Waals surface area contributed by atoms with E-state index >= 15 is 0 Å². The molecule has 1 aliphatic heterocycles. The molecule has 1 aliphatic rings. The van der Waals surface area contributed by atoms with E-state index in [-0.39, 0.29) is 35.1 Å². The molecule has 3 rings (SSSR count). The van der Waals surface area contributed by atoms with Crippen LogP contribution in [0.5, 0.6) is 5.75 Å². The van der Waals surface area contributed by atoms with Crippen molar-refractivity contribution in [1.29, 1.82) is 0 Å². The van der Waals surface area contributed by atoms with Crippen LogP contribution in [0.1, 0.15) is 52.9 Å². The number of fused-ring (bicyclic) bond motifs is 1. The molecule has 0 aliphatic carbocycles. The van der Waals surface area contributed by atoms with Gasteiger partial charge in [-0.2, -0.15) is 0 Å². The first kappa shape index (κ1) is 26.5. The number of ether oxygens (including phenoxy) is 2. The van der Waals surface area contributed by atoms with Crippen molar-refractivity contribution < 1.29 is 22.7 Å². The van der Waals surface area contributed by atoms with Crippen LogP contribution in [-0.4, -0.2) is 39.9 Å². The molecular formula is C26H34BrNO5S. The Morgan fingerprint density at radius 2 is 1.88 bits per heavy atom. The van der Waals surface area contributed by atoms with Crippen LogP contribution in [0.15, 0.2) is 51.8 Å². The summed E-state index contributed by atoms with van der Waals surface area (Å²) in [6.07, 6.45) is 3.71. The van der Waals surface area contributed by atoms with Crippen molar-refractivity contribution in [2.24, 2.45) is 5.41 Å². The maximum atomic E-state index is 13.8. The number of para-hydroxylation sites is 1. The minimum Gasteiger partial charge on any atom is -0.492 e. The van der Waals surface area contributed by atoms with Gasteiger partial charge in [0.15, 0.2) is 9.84 Å². The number of unbranched alkanes of at least 4 members (excludes halogenated alkanes) is 1. The predicted octanol–water partition coefficient (Wildman–Crippen LogP) is 6.29. The molecule has 34 heavy (non-hydrogen) atoms. The third-order valence-electron chi connectivity index (χ3n) is 6.38. The van der Waals surface area contributed by atoms with Gasteiger partial charge in [0.05, 0.1) is 40.4 Å². The van der Waals surface area contributed by atoms with Gasteiger partial charge in [0, 0.05) is 23.7 Å². The third-order valence-corrected chi connectivity index (χ3v) is 8.99. The Morgan fingerprint density at radius 1 is 1.15 bits per heavy atom. The SMILES string of the molecule is CCCCC1(CC)CN(c2ccccc2)c2cc(Br)c(OCCC(=O)OCC)cc2S(=O)(=O)C1. The first-order valence-electron chi connectivity index (χ1n) is 11.9. The highest BCUT2D eigenvalue weighted by atomic mass is 79.9. The Balaban J connectivity index is 2.06. The maximum absolute atomic E-state index is 13.8. The average Bonchev–Trinajstić information content (AvgIpc) is 2.91. The fourth-order valence-electron chi connectivity index (χ4n) is 4.45. The number of sulfone groups is 1. The van der Waals surface area contributed by atoms with Crippen LogP contribution in [0, 0.1) is 5.41 Å². The molecule has 8 heteroatoms. The molecule has 1 unspecified atom stereocenters. The molecule has 0 amide bonds. The lowest BCUT2D eigenvalue weighted by Gasteiger charge is -2.36. The number of anilines is 2. The van der Waals surface area contributed by atoms with E-state index in [1.807, 2.05) is 36.4 Å². The van der Waals surface area contributed by atoms with Crippen LogP contribution < -0.4 is 9.64 Å². The summed E-state index contributed by atoms with van der Waals surface area (Å²) in [4.78, 5) is 14.1. The molecule has 186 valence electrons. The van der Waals surface area contributed by atoms with Crippen molar-refractivity contribution in [1.82, 2.24) is 0 Å². The quantitative estimate of drug-likeness (QED) is 0.323. The fraction of sp³-hybridized carbons (Fsp3) is 0.500. The Bertz CT molecular complexity index is 1090. The van der Waals surface area contributed by atoms with Gasteiger partial charge in [0.25, 0.3) is 0 Å². The lowest BCUT2D eigenvalue weighted by atomic mass is 9.81. The van der Waals surface area contributed by atoms with E-state index in [1.54, 1.807) is 13.0 Å². The van der Waals surface area contributed by atoms with E-state index in [9.17, 15) is 13.2 Å². The molecule has 1 atom stereocenters. The Labute approximate surface area is 211 Å².